The van der Waals surface area contributed by atoms with E-state index < -0.39 is 5.97 Å². The number of hydrogen-bond donors (Lipinski definition) is 4. The number of aryl methyl sites for hydroxylation is 4. The lowest BCUT2D eigenvalue weighted by Gasteiger charge is -1.98. The standard InChI is InChI=1S/C9H13N3O3.C8H14N4O.ClH/c1-6-5-7(11-12(6)2)10-8(13)3-4-9(14)15;1-6-5-7(11-12(6)2)10-8(13)3-4-9;/h5H,3-4H2,1-2H3,(H,14,15)(H,10,11,13);5H,3-4,9H2,1-2H3,(H,10,11,13);1H. The average molecular weight is 430 g/mol. The van der Waals surface area contributed by atoms with E-state index >= 15 is 0 Å². The van der Waals surface area contributed by atoms with Crippen LogP contribution in [0.5, 0.6) is 0 Å². The van der Waals surface area contributed by atoms with Gasteiger partial charge in [-0.3, -0.25) is 23.7 Å². The predicted molar refractivity (Wildman–Crippen MR) is 111 cm³/mol. The second kappa shape index (κ2) is 12.5. The monoisotopic (exact) mass is 429 g/mol. The Labute approximate surface area is 175 Å². The molecule has 0 radical (unpaired) electrons. The van der Waals surface area contributed by atoms with Crippen molar-refractivity contribution in [2.45, 2.75) is 33.1 Å². The van der Waals surface area contributed by atoms with Gasteiger partial charge in [-0.25, -0.2) is 0 Å². The first-order chi connectivity index (χ1) is 13.1. The van der Waals surface area contributed by atoms with E-state index in [2.05, 4.69) is 20.8 Å². The number of carboxylic acids is 1. The maximum absolute atomic E-state index is 11.2. The number of nitrogens with zero attached hydrogens (tertiary/aromatic N) is 4. The van der Waals surface area contributed by atoms with Crippen LogP contribution in [0.4, 0.5) is 11.6 Å². The third-order valence-electron chi connectivity index (χ3n) is 3.70. The SMILES string of the molecule is Cc1cc(NC(=O)CCC(=O)O)nn1C.Cc1cc(NC(=O)CCN)nn1C.Cl. The van der Waals surface area contributed by atoms with Gasteiger partial charge in [0.2, 0.25) is 11.8 Å². The summed E-state index contributed by atoms with van der Waals surface area (Å²) >= 11 is 0. The molecular weight excluding hydrogens is 402 g/mol. The fourth-order valence-electron chi connectivity index (χ4n) is 2.01. The molecule has 0 spiro atoms. The number of nitrogens with one attached hydrogen (secondary N) is 2. The van der Waals surface area contributed by atoms with Gasteiger partial charge in [-0.1, -0.05) is 0 Å². The van der Waals surface area contributed by atoms with Gasteiger partial charge in [-0.2, -0.15) is 10.2 Å². The highest BCUT2D eigenvalue weighted by Gasteiger charge is 2.08. The molecule has 12 heteroatoms. The number of carbonyl (C=O) groups is 3. The fraction of sp³-hybridized carbons (Fsp3) is 0.471. The molecule has 11 nitrogen and oxygen atoms in total. The number of hydrogen-bond acceptors (Lipinski definition) is 6. The quantitative estimate of drug-likeness (QED) is 0.510. The topological polar surface area (TPSA) is 157 Å². The molecule has 0 saturated carbocycles. The van der Waals surface area contributed by atoms with Crippen LogP contribution < -0.4 is 16.4 Å². The van der Waals surface area contributed by atoms with Gasteiger partial charge < -0.3 is 21.5 Å². The molecule has 0 aliphatic heterocycles. The van der Waals surface area contributed by atoms with Crippen LogP contribution in [0.15, 0.2) is 12.1 Å². The van der Waals surface area contributed by atoms with Crippen molar-refractivity contribution in [1.29, 1.82) is 0 Å². The van der Waals surface area contributed by atoms with Crippen molar-refractivity contribution in [1.82, 2.24) is 19.6 Å². The summed E-state index contributed by atoms with van der Waals surface area (Å²) in [6, 6.07) is 3.53. The predicted octanol–water partition coefficient (Wildman–Crippen LogP) is 0.969. The Balaban J connectivity index is 0.000000527. The molecule has 0 aliphatic rings. The molecule has 2 rings (SSSR count). The van der Waals surface area contributed by atoms with Crippen molar-refractivity contribution in [3.63, 3.8) is 0 Å². The number of halogens is 1. The van der Waals surface area contributed by atoms with Gasteiger partial charge in [0.1, 0.15) is 0 Å². The van der Waals surface area contributed by atoms with Crippen LogP contribution in [0.2, 0.25) is 0 Å². The average Bonchev–Trinajstić information content (AvgIpc) is 3.07. The highest BCUT2D eigenvalue weighted by atomic mass is 35.5. The second-order valence-corrected chi connectivity index (χ2v) is 6.12. The Morgan fingerprint density at radius 1 is 0.931 bits per heavy atom. The molecule has 0 fully saturated rings. The molecule has 0 saturated heterocycles. The minimum atomic E-state index is -0.984. The molecule has 0 atom stereocenters. The lowest BCUT2D eigenvalue weighted by molar-refractivity contribution is -0.138. The van der Waals surface area contributed by atoms with Crippen LogP contribution in [0.1, 0.15) is 30.7 Å². The van der Waals surface area contributed by atoms with Crippen molar-refractivity contribution in [3.8, 4) is 0 Å². The Hall–Kier alpha value is -2.92. The number of aliphatic carboxylic acids is 1. The minimum Gasteiger partial charge on any atom is -0.481 e. The molecular formula is C17H28ClN7O4. The fourth-order valence-corrected chi connectivity index (χ4v) is 2.01. The Morgan fingerprint density at radius 3 is 1.66 bits per heavy atom. The highest BCUT2D eigenvalue weighted by molar-refractivity contribution is 5.91. The van der Waals surface area contributed by atoms with E-state index in [4.69, 9.17) is 10.8 Å². The van der Waals surface area contributed by atoms with Gasteiger partial charge in [0.05, 0.1) is 6.42 Å². The van der Waals surface area contributed by atoms with E-state index in [-0.39, 0.29) is 37.1 Å². The molecule has 2 heterocycles. The zero-order valence-electron chi connectivity index (χ0n) is 16.9. The Bertz CT molecular complexity index is 793. The maximum Gasteiger partial charge on any atom is 0.303 e. The van der Waals surface area contributed by atoms with E-state index in [0.29, 0.717) is 24.6 Å². The Morgan fingerprint density at radius 2 is 1.34 bits per heavy atom. The summed E-state index contributed by atoms with van der Waals surface area (Å²) < 4.78 is 3.34. The van der Waals surface area contributed by atoms with Gasteiger partial charge in [0.15, 0.2) is 11.6 Å². The van der Waals surface area contributed by atoms with Crippen LogP contribution >= 0.6 is 12.4 Å². The molecule has 2 aromatic heterocycles. The van der Waals surface area contributed by atoms with E-state index in [1.807, 2.05) is 27.0 Å². The maximum atomic E-state index is 11.2. The lowest BCUT2D eigenvalue weighted by atomic mass is 10.3. The molecule has 2 aromatic rings. The van der Waals surface area contributed by atoms with E-state index in [9.17, 15) is 14.4 Å². The number of nitrogens with two attached hydrogens (primary N) is 1. The number of aromatic nitrogens is 4. The van der Waals surface area contributed by atoms with Gasteiger partial charge in [-0.15, -0.1) is 12.4 Å². The second-order valence-electron chi connectivity index (χ2n) is 6.12. The summed E-state index contributed by atoms with van der Waals surface area (Å²) in [5, 5.41) is 21.6. The molecule has 162 valence electrons. The van der Waals surface area contributed by atoms with E-state index in [1.54, 1.807) is 22.5 Å². The zero-order valence-corrected chi connectivity index (χ0v) is 17.7. The molecule has 29 heavy (non-hydrogen) atoms. The number of anilines is 2. The van der Waals surface area contributed by atoms with Gasteiger partial charge >= 0.3 is 5.97 Å². The zero-order chi connectivity index (χ0) is 21.3. The summed E-state index contributed by atoms with van der Waals surface area (Å²) in [6.45, 7) is 4.14. The molecule has 0 aromatic carbocycles. The summed E-state index contributed by atoms with van der Waals surface area (Å²) in [4.78, 5) is 32.5. The highest BCUT2D eigenvalue weighted by Crippen LogP contribution is 2.07. The molecule has 0 aliphatic carbocycles. The lowest BCUT2D eigenvalue weighted by Crippen LogP contribution is -2.16. The van der Waals surface area contributed by atoms with Gasteiger partial charge in [0, 0.05) is 57.0 Å². The number of amides is 2. The van der Waals surface area contributed by atoms with Crippen LogP contribution in [-0.4, -0.2) is 49.0 Å². The largest absolute Gasteiger partial charge is 0.481 e. The van der Waals surface area contributed by atoms with Crippen molar-refractivity contribution in [3.05, 3.63) is 23.5 Å². The smallest absolute Gasteiger partial charge is 0.303 e. The summed E-state index contributed by atoms with van der Waals surface area (Å²) in [7, 11) is 3.59. The number of rotatable bonds is 7. The number of carboxylic acid groups (broad SMARTS) is 1. The molecule has 5 N–H and O–H groups in total. The first kappa shape index (κ1) is 26.1. The van der Waals surface area contributed by atoms with Crippen molar-refractivity contribution in [2.24, 2.45) is 19.8 Å². The molecule has 2 amide bonds. The normalized spacial score (nSPS) is 9.69. The van der Waals surface area contributed by atoms with Gasteiger partial charge in [0.25, 0.3) is 0 Å². The number of carbonyl (C=O) groups excluding carboxylic acids is 2. The first-order valence-corrected chi connectivity index (χ1v) is 8.65. The minimum absolute atomic E-state index is 0. The third kappa shape index (κ3) is 9.72. The summed E-state index contributed by atoms with van der Waals surface area (Å²) in [5.41, 5.74) is 7.15. The van der Waals surface area contributed by atoms with Crippen LogP contribution in [-0.2, 0) is 28.5 Å². The van der Waals surface area contributed by atoms with Crippen molar-refractivity contribution < 1.29 is 19.5 Å². The Kier molecular flexibility index (Phi) is 11.3. The van der Waals surface area contributed by atoms with Crippen LogP contribution in [0.3, 0.4) is 0 Å². The summed E-state index contributed by atoms with van der Waals surface area (Å²) in [6.07, 6.45) is 0.123. The molecule has 0 unspecified atom stereocenters. The van der Waals surface area contributed by atoms with Crippen molar-refractivity contribution >= 4 is 41.8 Å². The first-order valence-electron chi connectivity index (χ1n) is 8.65. The third-order valence-corrected chi connectivity index (χ3v) is 3.70. The molecule has 0 bridgehead atoms. The van der Waals surface area contributed by atoms with Crippen molar-refractivity contribution in [2.75, 3.05) is 17.2 Å². The summed E-state index contributed by atoms with van der Waals surface area (Å²) in [5.74, 6) is -0.387. The van der Waals surface area contributed by atoms with Gasteiger partial charge in [-0.05, 0) is 13.8 Å². The van der Waals surface area contributed by atoms with E-state index in [1.165, 1.54) is 0 Å². The van der Waals surface area contributed by atoms with E-state index in [0.717, 1.165) is 11.4 Å². The van der Waals surface area contributed by atoms with Crippen LogP contribution in [0.25, 0.3) is 0 Å². The van der Waals surface area contributed by atoms with Crippen LogP contribution in [0, 0.1) is 13.8 Å².